The molecule has 0 radical (unpaired) electrons. The average Bonchev–Trinajstić information content (AvgIpc) is 3.28. The average molecular weight is 490 g/mol. The largest absolute Gasteiger partial charge is 0.484 e. The van der Waals surface area contributed by atoms with E-state index >= 15 is 0 Å². The third kappa shape index (κ3) is 5.26. The molecule has 2 aromatic carbocycles. The Morgan fingerprint density at radius 1 is 1.03 bits per heavy atom. The zero-order valence-electron chi connectivity index (χ0n) is 19.8. The highest BCUT2D eigenvalue weighted by Crippen LogP contribution is 2.27. The van der Waals surface area contributed by atoms with Gasteiger partial charge in [0.2, 0.25) is 4.96 Å². The van der Waals surface area contributed by atoms with Crippen molar-refractivity contribution in [3.8, 4) is 16.3 Å². The van der Waals surface area contributed by atoms with Gasteiger partial charge in [0.05, 0.1) is 5.69 Å². The van der Waals surface area contributed by atoms with Crippen LogP contribution in [0.25, 0.3) is 15.5 Å². The maximum atomic E-state index is 12.7. The lowest BCUT2D eigenvalue weighted by atomic mass is 10.1. The molecule has 0 unspecified atom stereocenters. The number of fused-ring (bicyclic) bond motifs is 1. The molecule has 8 nitrogen and oxygen atoms in total. The predicted octanol–water partition coefficient (Wildman–Crippen LogP) is 3.16. The van der Waals surface area contributed by atoms with Gasteiger partial charge in [0.15, 0.2) is 6.61 Å². The maximum Gasteiger partial charge on any atom is 0.275 e. The lowest BCUT2D eigenvalue weighted by molar-refractivity contribution is -0.135. The van der Waals surface area contributed by atoms with E-state index in [9.17, 15) is 9.59 Å². The van der Waals surface area contributed by atoms with Crippen LogP contribution in [-0.2, 0) is 11.3 Å². The molecule has 5 rings (SSSR count). The number of amides is 1. The number of hydrogen-bond acceptors (Lipinski definition) is 7. The van der Waals surface area contributed by atoms with Gasteiger partial charge in [-0.3, -0.25) is 14.5 Å². The van der Waals surface area contributed by atoms with Crippen LogP contribution in [0.3, 0.4) is 0 Å². The summed E-state index contributed by atoms with van der Waals surface area (Å²) in [5.74, 6) is 0.690. The first-order chi connectivity index (χ1) is 17.0. The van der Waals surface area contributed by atoms with Gasteiger partial charge in [-0.2, -0.15) is 9.61 Å². The van der Waals surface area contributed by atoms with Crippen LogP contribution in [0, 0.1) is 13.8 Å². The van der Waals surface area contributed by atoms with Crippen LogP contribution < -0.4 is 10.3 Å². The smallest absolute Gasteiger partial charge is 0.275 e. The first-order valence-corrected chi connectivity index (χ1v) is 12.4. The highest BCUT2D eigenvalue weighted by molar-refractivity contribution is 7.19. The second-order valence-electron chi connectivity index (χ2n) is 8.76. The molecule has 35 heavy (non-hydrogen) atoms. The van der Waals surface area contributed by atoms with Crippen molar-refractivity contribution in [2.24, 2.45) is 0 Å². The number of benzene rings is 2. The molecule has 0 saturated carbocycles. The molecule has 1 fully saturated rings. The van der Waals surface area contributed by atoms with Crippen molar-refractivity contribution >= 4 is 22.2 Å². The number of ether oxygens (including phenoxy) is 1. The number of aryl methyl sites for hydroxylation is 2. The molecular formula is C26H27N5O3S. The van der Waals surface area contributed by atoms with E-state index in [0.29, 0.717) is 43.4 Å². The van der Waals surface area contributed by atoms with Gasteiger partial charge in [0, 0.05) is 44.4 Å². The standard InChI is InChI=1S/C26H27N5O3S/c1-18-6-5-8-21(14-18)34-17-24(33)30-12-10-29(11-13-30)16-20-15-23(32)31-26(27-20)35-25(28-31)22-9-4-3-7-19(22)2/h3-9,14-15H,10-13,16-17H2,1-2H3. The normalized spacial score (nSPS) is 14.4. The van der Waals surface area contributed by atoms with E-state index < -0.39 is 0 Å². The number of piperazine rings is 1. The Hall–Kier alpha value is -3.56. The summed E-state index contributed by atoms with van der Waals surface area (Å²) in [6.07, 6.45) is 0. The van der Waals surface area contributed by atoms with Gasteiger partial charge in [-0.25, -0.2) is 4.98 Å². The summed E-state index contributed by atoms with van der Waals surface area (Å²) in [7, 11) is 0. The van der Waals surface area contributed by atoms with Crippen molar-refractivity contribution in [2.45, 2.75) is 20.4 Å². The Kier molecular flexibility index (Phi) is 6.61. The SMILES string of the molecule is Cc1cccc(OCC(=O)N2CCN(Cc3cc(=O)n4nc(-c5ccccc5C)sc4n3)CC2)c1. The van der Waals surface area contributed by atoms with E-state index in [-0.39, 0.29) is 18.1 Å². The molecule has 1 aliphatic heterocycles. The van der Waals surface area contributed by atoms with Crippen LogP contribution in [0.4, 0.5) is 0 Å². The molecule has 2 aromatic heterocycles. The molecule has 4 aromatic rings. The van der Waals surface area contributed by atoms with Gasteiger partial charge in [-0.05, 0) is 37.1 Å². The van der Waals surface area contributed by atoms with E-state index in [0.717, 1.165) is 27.4 Å². The molecule has 0 aliphatic carbocycles. The molecule has 1 aliphatic rings. The molecule has 9 heteroatoms. The Morgan fingerprint density at radius 3 is 2.60 bits per heavy atom. The monoisotopic (exact) mass is 489 g/mol. The Bertz CT molecular complexity index is 1420. The maximum absolute atomic E-state index is 12.7. The number of carbonyl (C=O) groups is 1. The van der Waals surface area contributed by atoms with E-state index in [4.69, 9.17) is 9.72 Å². The summed E-state index contributed by atoms with van der Waals surface area (Å²) in [6.45, 7) is 7.29. The minimum atomic E-state index is -0.178. The Balaban J connectivity index is 1.20. The minimum Gasteiger partial charge on any atom is -0.484 e. The van der Waals surface area contributed by atoms with E-state index in [2.05, 4.69) is 10.00 Å². The first kappa shape index (κ1) is 23.2. The second kappa shape index (κ2) is 9.97. The molecule has 1 amide bonds. The third-order valence-electron chi connectivity index (χ3n) is 6.14. The fourth-order valence-corrected chi connectivity index (χ4v) is 5.20. The Morgan fingerprint density at radius 2 is 1.83 bits per heavy atom. The third-order valence-corrected chi connectivity index (χ3v) is 7.08. The Labute approximate surface area is 207 Å². The molecular weight excluding hydrogens is 462 g/mol. The summed E-state index contributed by atoms with van der Waals surface area (Å²) >= 11 is 1.42. The molecule has 1 saturated heterocycles. The summed E-state index contributed by atoms with van der Waals surface area (Å²) in [6, 6.07) is 17.2. The quantitative estimate of drug-likeness (QED) is 0.414. The lowest BCUT2D eigenvalue weighted by Gasteiger charge is -2.34. The number of rotatable bonds is 6. The molecule has 0 atom stereocenters. The van der Waals surface area contributed by atoms with Gasteiger partial charge >= 0.3 is 0 Å². The van der Waals surface area contributed by atoms with E-state index in [1.807, 2.05) is 67.3 Å². The van der Waals surface area contributed by atoms with Crippen molar-refractivity contribution in [1.29, 1.82) is 0 Å². The van der Waals surface area contributed by atoms with Crippen molar-refractivity contribution < 1.29 is 9.53 Å². The van der Waals surface area contributed by atoms with Crippen LogP contribution in [0.2, 0.25) is 0 Å². The van der Waals surface area contributed by atoms with E-state index in [1.54, 1.807) is 6.07 Å². The number of carbonyl (C=O) groups excluding carboxylic acids is 1. The summed E-state index contributed by atoms with van der Waals surface area (Å²) in [4.78, 5) is 34.6. The van der Waals surface area contributed by atoms with Crippen LogP contribution >= 0.6 is 11.3 Å². The van der Waals surface area contributed by atoms with Gasteiger partial charge < -0.3 is 9.64 Å². The highest BCUT2D eigenvalue weighted by atomic mass is 32.1. The second-order valence-corrected chi connectivity index (χ2v) is 9.72. The van der Waals surface area contributed by atoms with Crippen molar-refractivity contribution in [3.05, 3.63) is 81.8 Å². The summed E-state index contributed by atoms with van der Waals surface area (Å²) in [5.41, 5.74) is 3.76. The zero-order chi connectivity index (χ0) is 24.4. The molecule has 180 valence electrons. The molecule has 0 spiro atoms. The van der Waals surface area contributed by atoms with Gasteiger partial charge in [0.25, 0.3) is 11.5 Å². The fourth-order valence-electron chi connectivity index (χ4n) is 4.18. The topological polar surface area (TPSA) is 80.0 Å². The fraction of sp³-hybridized carbons (Fsp3) is 0.308. The number of hydrogen-bond donors (Lipinski definition) is 0. The minimum absolute atomic E-state index is 0.0164. The van der Waals surface area contributed by atoms with Gasteiger partial charge in [-0.15, -0.1) is 0 Å². The van der Waals surface area contributed by atoms with Crippen LogP contribution in [0.5, 0.6) is 5.75 Å². The molecule has 0 bridgehead atoms. The van der Waals surface area contributed by atoms with Crippen LogP contribution in [0.15, 0.2) is 59.4 Å². The zero-order valence-corrected chi connectivity index (χ0v) is 20.6. The van der Waals surface area contributed by atoms with Gasteiger partial charge in [0.1, 0.15) is 10.8 Å². The predicted molar refractivity (Wildman–Crippen MR) is 136 cm³/mol. The molecule has 3 heterocycles. The summed E-state index contributed by atoms with van der Waals surface area (Å²) in [5, 5.41) is 5.28. The van der Waals surface area contributed by atoms with Gasteiger partial charge in [-0.1, -0.05) is 47.7 Å². The molecule has 0 N–H and O–H groups in total. The number of nitrogens with zero attached hydrogens (tertiary/aromatic N) is 5. The number of aromatic nitrogens is 3. The van der Waals surface area contributed by atoms with E-state index in [1.165, 1.54) is 15.9 Å². The van der Waals surface area contributed by atoms with Crippen LogP contribution in [0.1, 0.15) is 16.8 Å². The van der Waals surface area contributed by atoms with Crippen molar-refractivity contribution in [1.82, 2.24) is 24.4 Å². The van der Waals surface area contributed by atoms with Crippen LogP contribution in [-0.4, -0.2) is 63.1 Å². The highest BCUT2D eigenvalue weighted by Gasteiger charge is 2.22. The van der Waals surface area contributed by atoms with Crippen molar-refractivity contribution in [3.63, 3.8) is 0 Å². The summed E-state index contributed by atoms with van der Waals surface area (Å²) < 4.78 is 7.04. The van der Waals surface area contributed by atoms with Crippen molar-refractivity contribution in [2.75, 3.05) is 32.8 Å². The first-order valence-electron chi connectivity index (χ1n) is 11.6. The lowest BCUT2D eigenvalue weighted by Crippen LogP contribution is -2.49.